The van der Waals surface area contributed by atoms with E-state index in [4.69, 9.17) is 11.6 Å². The maximum absolute atomic E-state index is 13.2. The van der Waals surface area contributed by atoms with Crippen LogP contribution < -0.4 is 10.3 Å². The summed E-state index contributed by atoms with van der Waals surface area (Å²) in [7, 11) is -3.78. The third-order valence-corrected chi connectivity index (χ3v) is 9.63. The lowest BCUT2D eigenvalue weighted by Crippen LogP contribution is -2.57. The number of amides is 1. The third-order valence-electron chi connectivity index (χ3n) is 7.55. The molecule has 2 fully saturated rings. The van der Waals surface area contributed by atoms with Crippen molar-refractivity contribution in [3.05, 3.63) is 64.9 Å². The standard InChI is InChI=1S/C27H32ClN5O3S/c1-19-20(2)29-10-7-26(19)31-11-8-21(9-12-31)17-30-33-14-13-32(18-27(33)34)37(35,36)25-6-4-22-15-24(28)5-3-23(22)16-25/h3-7,10,15-16,21,30H,8-9,11-14,17-18H2,1-2H3. The molecule has 1 aromatic heterocycles. The minimum atomic E-state index is -3.78. The Hall–Kier alpha value is -2.72. The first kappa shape index (κ1) is 25.9. The highest BCUT2D eigenvalue weighted by molar-refractivity contribution is 7.89. The summed E-state index contributed by atoms with van der Waals surface area (Å²) in [5, 5.41) is 3.84. The van der Waals surface area contributed by atoms with E-state index in [1.54, 1.807) is 41.4 Å². The number of piperazine rings is 1. The zero-order chi connectivity index (χ0) is 26.2. The summed E-state index contributed by atoms with van der Waals surface area (Å²) in [4.78, 5) is 19.8. The molecule has 3 heterocycles. The molecule has 0 aliphatic carbocycles. The zero-order valence-electron chi connectivity index (χ0n) is 21.2. The van der Waals surface area contributed by atoms with Crippen LogP contribution in [0.1, 0.15) is 24.1 Å². The molecule has 2 aliphatic heterocycles. The molecule has 0 spiro atoms. The average molecular weight is 542 g/mol. The second kappa shape index (κ2) is 10.6. The molecule has 2 aromatic carbocycles. The predicted molar refractivity (Wildman–Crippen MR) is 146 cm³/mol. The van der Waals surface area contributed by atoms with Crippen molar-refractivity contribution < 1.29 is 13.2 Å². The van der Waals surface area contributed by atoms with Gasteiger partial charge in [0, 0.05) is 48.8 Å². The molecule has 196 valence electrons. The molecule has 8 nitrogen and oxygen atoms in total. The topological polar surface area (TPSA) is 85.8 Å². The number of aryl methyl sites for hydroxylation is 1. The molecule has 0 bridgehead atoms. The Morgan fingerprint density at radius 1 is 1.00 bits per heavy atom. The normalized spacial score (nSPS) is 18.1. The second-order valence-corrected chi connectivity index (χ2v) is 12.2. The summed E-state index contributed by atoms with van der Waals surface area (Å²) in [6.07, 6.45) is 3.93. The third kappa shape index (κ3) is 5.45. The Morgan fingerprint density at radius 3 is 2.49 bits per heavy atom. The monoisotopic (exact) mass is 541 g/mol. The number of nitrogens with zero attached hydrogens (tertiary/aromatic N) is 4. The van der Waals surface area contributed by atoms with E-state index in [0.717, 1.165) is 42.4 Å². The van der Waals surface area contributed by atoms with Gasteiger partial charge in [0.25, 0.3) is 5.91 Å². The molecule has 3 aromatic rings. The number of sulfonamides is 1. The number of fused-ring (bicyclic) bond motifs is 1. The van der Waals surface area contributed by atoms with E-state index < -0.39 is 10.0 Å². The van der Waals surface area contributed by atoms with Gasteiger partial charge in [-0.2, -0.15) is 4.31 Å². The minimum absolute atomic E-state index is 0.174. The molecule has 1 amide bonds. The smallest absolute Gasteiger partial charge is 0.252 e. The van der Waals surface area contributed by atoms with Crippen molar-refractivity contribution >= 4 is 44.0 Å². The van der Waals surface area contributed by atoms with E-state index in [9.17, 15) is 13.2 Å². The first-order valence-corrected chi connectivity index (χ1v) is 14.4. The Bertz CT molecular complexity index is 1420. The number of hydrogen-bond donors (Lipinski definition) is 1. The van der Waals surface area contributed by atoms with Crippen LogP contribution in [-0.4, -0.2) is 67.9 Å². The van der Waals surface area contributed by atoms with E-state index in [1.807, 2.05) is 13.1 Å². The zero-order valence-corrected chi connectivity index (χ0v) is 22.7. The van der Waals surface area contributed by atoms with Crippen LogP contribution in [0.3, 0.4) is 0 Å². The summed E-state index contributed by atoms with van der Waals surface area (Å²) in [6.45, 7) is 7.18. The van der Waals surface area contributed by atoms with Gasteiger partial charge in [-0.05, 0) is 79.3 Å². The fourth-order valence-electron chi connectivity index (χ4n) is 5.11. The van der Waals surface area contributed by atoms with Gasteiger partial charge in [-0.25, -0.2) is 13.8 Å². The molecule has 2 aliphatic rings. The molecule has 1 N–H and O–H groups in total. The number of carbonyl (C=O) groups excluding carboxylic acids is 1. The Kier molecular flexibility index (Phi) is 7.40. The minimum Gasteiger partial charge on any atom is -0.371 e. The number of pyridine rings is 1. The Labute approximate surface area is 223 Å². The van der Waals surface area contributed by atoms with Crippen molar-refractivity contribution in [3.63, 3.8) is 0 Å². The molecule has 0 saturated carbocycles. The van der Waals surface area contributed by atoms with Crippen LogP contribution in [-0.2, 0) is 14.8 Å². The molecule has 37 heavy (non-hydrogen) atoms. The van der Waals surface area contributed by atoms with Crippen LogP contribution in [0.2, 0.25) is 5.02 Å². The van der Waals surface area contributed by atoms with Crippen molar-refractivity contribution in [3.8, 4) is 0 Å². The number of piperidine rings is 1. The molecular weight excluding hydrogens is 510 g/mol. The van der Waals surface area contributed by atoms with Crippen LogP contribution in [0.4, 0.5) is 5.69 Å². The number of halogens is 1. The highest BCUT2D eigenvalue weighted by Crippen LogP contribution is 2.27. The lowest BCUT2D eigenvalue weighted by molar-refractivity contribution is -0.137. The van der Waals surface area contributed by atoms with Crippen molar-refractivity contribution in [2.75, 3.05) is 44.2 Å². The summed E-state index contributed by atoms with van der Waals surface area (Å²) in [6, 6.07) is 12.4. The molecule has 10 heteroatoms. The van der Waals surface area contributed by atoms with Crippen molar-refractivity contribution in [2.45, 2.75) is 31.6 Å². The van der Waals surface area contributed by atoms with Crippen molar-refractivity contribution in [1.29, 1.82) is 0 Å². The Balaban J connectivity index is 1.14. The van der Waals surface area contributed by atoms with Crippen LogP contribution >= 0.6 is 11.6 Å². The fourth-order valence-corrected chi connectivity index (χ4v) is 6.71. The van der Waals surface area contributed by atoms with Gasteiger partial charge >= 0.3 is 0 Å². The predicted octanol–water partition coefficient (Wildman–Crippen LogP) is 3.76. The first-order valence-electron chi connectivity index (χ1n) is 12.6. The number of aromatic nitrogens is 1. The van der Waals surface area contributed by atoms with Crippen LogP contribution in [0, 0.1) is 19.8 Å². The van der Waals surface area contributed by atoms with Crippen LogP contribution in [0.15, 0.2) is 53.6 Å². The quantitative estimate of drug-likeness (QED) is 0.511. The van der Waals surface area contributed by atoms with Gasteiger partial charge in [0.15, 0.2) is 0 Å². The van der Waals surface area contributed by atoms with Gasteiger partial charge in [0.1, 0.15) is 0 Å². The van der Waals surface area contributed by atoms with E-state index in [2.05, 4.69) is 28.3 Å². The SMILES string of the molecule is Cc1nccc(N2CCC(CNN3CCN(S(=O)(=O)c4ccc5cc(Cl)ccc5c4)CC3=O)CC2)c1C. The lowest BCUT2D eigenvalue weighted by Gasteiger charge is -2.37. The van der Waals surface area contributed by atoms with Gasteiger partial charge in [0.05, 0.1) is 18.0 Å². The van der Waals surface area contributed by atoms with E-state index in [1.165, 1.54) is 15.6 Å². The van der Waals surface area contributed by atoms with Gasteiger partial charge < -0.3 is 4.90 Å². The lowest BCUT2D eigenvalue weighted by atomic mass is 9.96. The molecule has 0 unspecified atom stereocenters. The van der Waals surface area contributed by atoms with Crippen molar-refractivity contribution in [1.82, 2.24) is 19.7 Å². The number of rotatable bonds is 6. The number of anilines is 1. The number of hydrazine groups is 1. The van der Waals surface area contributed by atoms with Gasteiger partial charge in [-0.1, -0.05) is 23.7 Å². The molecule has 0 atom stereocenters. The molecule has 0 radical (unpaired) electrons. The van der Waals surface area contributed by atoms with Crippen LogP contribution in [0.25, 0.3) is 10.8 Å². The van der Waals surface area contributed by atoms with E-state index in [0.29, 0.717) is 24.0 Å². The summed E-state index contributed by atoms with van der Waals surface area (Å²) in [5.74, 6) is 0.225. The first-order chi connectivity index (χ1) is 17.7. The van der Waals surface area contributed by atoms with Gasteiger partial charge in [-0.3, -0.25) is 14.8 Å². The van der Waals surface area contributed by atoms with Crippen LogP contribution in [0.5, 0.6) is 0 Å². The van der Waals surface area contributed by atoms with Crippen molar-refractivity contribution in [2.24, 2.45) is 5.92 Å². The molecule has 5 rings (SSSR count). The number of carbonyl (C=O) groups is 1. The van der Waals surface area contributed by atoms with Gasteiger partial charge in [-0.15, -0.1) is 0 Å². The number of nitrogens with one attached hydrogen (secondary N) is 1. The maximum Gasteiger partial charge on any atom is 0.252 e. The van der Waals surface area contributed by atoms with E-state index in [-0.39, 0.29) is 23.9 Å². The summed E-state index contributed by atoms with van der Waals surface area (Å²) < 4.78 is 27.8. The second-order valence-electron chi connectivity index (χ2n) is 9.87. The molecular formula is C27H32ClN5O3S. The summed E-state index contributed by atoms with van der Waals surface area (Å²) >= 11 is 6.04. The molecule has 2 saturated heterocycles. The fraction of sp³-hybridized carbons (Fsp3) is 0.407. The maximum atomic E-state index is 13.2. The van der Waals surface area contributed by atoms with Gasteiger partial charge in [0.2, 0.25) is 10.0 Å². The van der Waals surface area contributed by atoms with E-state index >= 15 is 0 Å². The Morgan fingerprint density at radius 2 is 1.73 bits per heavy atom. The number of hydrogen-bond acceptors (Lipinski definition) is 6. The average Bonchev–Trinajstić information content (AvgIpc) is 2.89. The highest BCUT2D eigenvalue weighted by atomic mass is 35.5. The largest absolute Gasteiger partial charge is 0.371 e. The summed E-state index contributed by atoms with van der Waals surface area (Å²) in [5.41, 5.74) is 6.82. The highest BCUT2D eigenvalue weighted by Gasteiger charge is 2.33. The number of benzene rings is 2.